The van der Waals surface area contributed by atoms with Gasteiger partial charge in [0, 0.05) is 56.8 Å². The van der Waals surface area contributed by atoms with E-state index in [1.807, 2.05) is 84.4 Å². The molecule has 0 saturated carbocycles. The van der Waals surface area contributed by atoms with Crippen LogP contribution in [0.25, 0.3) is 16.9 Å². The van der Waals surface area contributed by atoms with Gasteiger partial charge in [-0.1, -0.05) is 54.6 Å². The molecule has 0 N–H and O–H groups in total. The number of hydrogen-bond donors (Lipinski definition) is 0. The van der Waals surface area contributed by atoms with Crippen molar-refractivity contribution in [1.82, 2.24) is 19.8 Å². The molecule has 8 nitrogen and oxygen atoms in total. The lowest BCUT2D eigenvalue weighted by atomic mass is 9.90. The van der Waals surface area contributed by atoms with E-state index in [0.29, 0.717) is 43.4 Å². The number of nitrogens with zero attached hydrogens (tertiary/aromatic N) is 4. The Morgan fingerprint density at radius 1 is 0.979 bits per heavy atom. The minimum Gasteiger partial charge on any atom is -0.473 e. The molecular weight excluding hydrogens is 602 g/mol. The van der Waals surface area contributed by atoms with Crippen LogP contribution in [0.3, 0.4) is 0 Å². The summed E-state index contributed by atoms with van der Waals surface area (Å²) in [5.74, 6) is -1.67. The normalized spacial score (nSPS) is 16.4. The van der Waals surface area contributed by atoms with Crippen molar-refractivity contribution in [1.29, 1.82) is 0 Å². The van der Waals surface area contributed by atoms with E-state index in [4.69, 9.17) is 19.4 Å². The van der Waals surface area contributed by atoms with E-state index in [1.54, 1.807) is 18.4 Å². The van der Waals surface area contributed by atoms with E-state index in [1.165, 1.54) is 6.07 Å². The van der Waals surface area contributed by atoms with Crippen molar-refractivity contribution in [3.63, 3.8) is 0 Å². The van der Waals surface area contributed by atoms with E-state index >= 15 is 0 Å². The first kappa shape index (κ1) is 32.2. The number of rotatable bonds is 13. The Kier molecular flexibility index (Phi) is 10.1. The highest BCUT2D eigenvalue weighted by Crippen LogP contribution is 2.37. The number of carbonyl (C=O) groups excluding carboxylic acids is 1. The second-order valence-corrected chi connectivity index (χ2v) is 11.6. The molecule has 0 amide bonds. The summed E-state index contributed by atoms with van der Waals surface area (Å²) in [6.45, 7) is 3.73. The first-order valence-electron chi connectivity index (χ1n) is 15.5. The third-order valence-electron chi connectivity index (χ3n) is 8.28. The molecule has 1 aliphatic rings. The van der Waals surface area contributed by atoms with Crippen LogP contribution in [0.1, 0.15) is 34.9 Å². The SMILES string of the molecule is COCCN1C[C@@H](CC(=O)Cc2c(C)c(-c3ccc(OCc4ccccc4)nc3)nn2-c2ccccc2)[C@H](c2ccc(F)c(F)c2)O1. The molecule has 6 rings (SSSR count). The Morgan fingerprint density at radius 2 is 1.74 bits per heavy atom. The Labute approximate surface area is 272 Å². The second kappa shape index (κ2) is 14.8. The van der Waals surface area contributed by atoms with Crippen molar-refractivity contribution in [3.8, 4) is 22.8 Å². The summed E-state index contributed by atoms with van der Waals surface area (Å²) in [6.07, 6.45) is 1.43. The number of para-hydroxylation sites is 1. The number of hydrogen-bond acceptors (Lipinski definition) is 7. The van der Waals surface area contributed by atoms with Crippen molar-refractivity contribution < 1.29 is 27.9 Å². The molecule has 3 aromatic carbocycles. The molecule has 2 atom stereocenters. The van der Waals surface area contributed by atoms with Gasteiger partial charge in [-0.2, -0.15) is 10.2 Å². The van der Waals surface area contributed by atoms with Gasteiger partial charge in [-0.3, -0.25) is 9.63 Å². The lowest BCUT2D eigenvalue weighted by molar-refractivity contribution is -0.155. The number of methoxy groups -OCH3 is 1. The smallest absolute Gasteiger partial charge is 0.213 e. The molecule has 1 fully saturated rings. The molecule has 0 bridgehead atoms. The summed E-state index contributed by atoms with van der Waals surface area (Å²) in [5, 5.41) is 6.67. The number of halogens is 2. The maximum atomic E-state index is 14.2. The molecule has 3 heterocycles. The van der Waals surface area contributed by atoms with Crippen LogP contribution in [0.2, 0.25) is 0 Å². The van der Waals surface area contributed by atoms with E-state index < -0.39 is 17.7 Å². The van der Waals surface area contributed by atoms with Gasteiger partial charge >= 0.3 is 0 Å². The fourth-order valence-electron chi connectivity index (χ4n) is 5.86. The van der Waals surface area contributed by atoms with Crippen molar-refractivity contribution in [2.24, 2.45) is 5.92 Å². The lowest BCUT2D eigenvalue weighted by Crippen LogP contribution is -2.24. The standard InChI is InChI=1S/C37H36F2N4O4/c1-25-34(21-31(44)19-29-23-42(17-18-45-2)47-37(29)27-13-15-32(38)33(39)20-27)43(30-11-7-4-8-12-30)41-36(25)28-14-16-35(40-22-28)46-24-26-9-5-3-6-10-26/h3-16,20,22,29,37H,17-19,21,23-24H2,1-2H3/t29-,37+/m1/s1. The quantitative estimate of drug-likeness (QED) is 0.140. The van der Waals surface area contributed by atoms with Crippen LogP contribution in [0.15, 0.2) is 97.2 Å². The topological polar surface area (TPSA) is 78.7 Å². The van der Waals surface area contributed by atoms with Gasteiger partial charge in [-0.25, -0.2) is 18.4 Å². The average Bonchev–Trinajstić information content (AvgIpc) is 3.65. The molecule has 1 saturated heterocycles. The molecule has 0 radical (unpaired) electrons. The number of aromatic nitrogens is 3. The Balaban J connectivity index is 1.23. The fraction of sp³-hybridized carbons (Fsp3) is 0.270. The zero-order valence-electron chi connectivity index (χ0n) is 26.3. The van der Waals surface area contributed by atoms with Crippen LogP contribution in [-0.2, 0) is 27.4 Å². The Hall–Kier alpha value is -4.77. The maximum Gasteiger partial charge on any atom is 0.213 e. The molecule has 0 spiro atoms. The van der Waals surface area contributed by atoms with Crippen LogP contribution < -0.4 is 4.74 Å². The van der Waals surface area contributed by atoms with Crippen LogP contribution >= 0.6 is 0 Å². The summed E-state index contributed by atoms with van der Waals surface area (Å²) in [5.41, 5.74) is 5.51. The van der Waals surface area contributed by atoms with Crippen molar-refractivity contribution in [2.45, 2.75) is 32.5 Å². The summed E-state index contributed by atoms with van der Waals surface area (Å²) in [4.78, 5) is 24.4. The van der Waals surface area contributed by atoms with Crippen molar-refractivity contribution in [2.75, 3.05) is 26.8 Å². The van der Waals surface area contributed by atoms with Crippen LogP contribution in [0, 0.1) is 24.5 Å². The van der Waals surface area contributed by atoms with E-state index in [2.05, 4.69) is 4.98 Å². The number of pyridine rings is 1. The number of benzene rings is 3. The van der Waals surface area contributed by atoms with Crippen LogP contribution in [-0.4, -0.2) is 52.4 Å². The zero-order valence-corrected chi connectivity index (χ0v) is 26.3. The summed E-state index contributed by atoms with van der Waals surface area (Å²) in [7, 11) is 1.60. The zero-order chi connectivity index (χ0) is 32.8. The van der Waals surface area contributed by atoms with Gasteiger partial charge in [-0.05, 0) is 53.9 Å². The van der Waals surface area contributed by atoms with Gasteiger partial charge < -0.3 is 9.47 Å². The molecule has 0 aliphatic carbocycles. The Morgan fingerprint density at radius 3 is 2.45 bits per heavy atom. The second-order valence-electron chi connectivity index (χ2n) is 11.6. The molecule has 5 aromatic rings. The van der Waals surface area contributed by atoms with Gasteiger partial charge in [0.05, 0.1) is 23.7 Å². The monoisotopic (exact) mass is 638 g/mol. The van der Waals surface area contributed by atoms with Gasteiger partial charge in [0.15, 0.2) is 11.6 Å². The van der Waals surface area contributed by atoms with E-state index in [0.717, 1.165) is 40.2 Å². The molecule has 242 valence electrons. The van der Waals surface area contributed by atoms with E-state index in [-0.39, 0.29) is 24.5 Å². The minimum absolute atomic E-state index is 0.0192. The molecule has 47 heavy (non-hydrogen) atoms. The number of ether oxygens (including phenoxy) is 2. The third kappa shape index (κ3) is 7.62. The fourth-order valence-corrected chi connectivity index (χ4v) is 5.86. The highest BCUT2D eigenvalue weighted by atomic mass is 19.2. The van der Waals surface area contributed by atoms with Crippen molar-refractivity contribution >= 4 is 5.78 Å². The first-order valence-corrected chi connectivity index (χ1v) is 15.5. The predicted molar refractivity (Wildman–Crippen MR) is 173 cm³/mol. The molecule has 0 unspecified atom stereocenters. The molecule has 2 aromatic heterocycles. The van der Waals surface area contributed by atoms with Crippen LogP contribution in [0.4, 0.5) is 8.78 Å². The molecule has 10 heteroatoms. The average molecular weight is 639 g/mol. The number of carbonyl (C=O) groups is 1. The highest BCUT2D eigenvalue weighted by Gasteiger charge is 2.37. The van der Waals surface area contributed by atoms with Crippen LogP contribution in [0.5, 0.6) is 5.88 Å². The minimum atomic E-state index is -0.952. The Bertz CT molecular complexity index is 1800. The third-order valence-corrected chi connectivity index (χ3v) is 8.28. The first-order chi connectivity index (χ1) is 22.9. The predicted octanol–water partition coefficient (Wildman–Crippen LogP) is 6.85. The number of Topliss-reactive ketones (excluding diaryl/α,β-unsaturated/α-hetero) is 1. The van der Waals surface area contributed by atoms with Crippen molar-refractivity contribution in [3.05, 3.63) is 131 Å². The molecule has 1 aliphatic heterocycles. The largest absolute Gasteiger partial charge is 0.473 e. The summed E-state index contributed by atoms with van der Waals surface area (Å²) >= 11 is 0. The summed E-state index contributed by atoms with van der Waals surface area (Å²) < 4.78 is 40.8. The maximum absolute atomic E-state index is 14.2. The summed E-state index contributed by atoms with van der Waals surface area (Å²) in [6, 6.07) is 27.0. The van der Waals surface area contributed by atoms with Gasteiger partial charge in [0.1, 0.15) is 18.5 Å². The van der Waals surface area contributed by atoms with Gasteiger partial charge in [0.25, 0.3) is 0 Å². The number of ketones is 1. The highest BCUT2D eigenvalue weighted by molar-refractivity contribution is 5.82. The van der Waals surface area contributed by atoms with Gasteiger partial charge in [-0.15, -0.1) is 0 Å². The number of hydroxylamine groups is 2. The molecular formula is C37H36F2N4O4. The van der Waals surface area contributed by atoms with Gasteiger partial charge in [0.2, 0.25) is 5.88 Å². The van der Waals surface area contributed by atoms with E-state index in [9.17, 15) is 13.6 Å². The lowest BCUT2D eigenvalue weighted by Gasteiger charge is -2.18.